The van der Waals surface area contributed by atoms with Crippen LogP contribution in [-0.2, 0) is 4.74 Å². The van der Waals surface area contributed by atoms with Gasteiger partial charge in [-0.15, -0.1) is 0 Å². The number of rotatable bonds is 10. The molecule has 57 heavy (non-hydrogen) atoms. The smallest absolute Gasteiger partial charge is 0.165 e. The summed E-state index contributed by atoms with van der Waals surface area (Å²) in [5.41, 5.74) is 3.69. The molecule has 298 valence electrons. The molecular weight excluding hydrogens is 740 g/mol. The SMILES string of the molecule is COc1ccc2ccc(O)c(C(c3cccc(OC)c3OC)N3CCOCC3)c2c1.COc1ccc2ccc(O)c(C(c3ccccc3Cl)N3CCCCC3)c2c1. The van der Waals surface area contributed by atoms with Crippen molar-refractivity contribution in [2.75, 3.05) is 67.8 Å². The van der Waals surface area contributed by atoms with Gasteiger partial charge < -0.3 is 33.9 Å². The molecule has 8 rings (SSSR count). The first kappa shape index (κ1) is 40.0. The predicted octanol–water partition coefficient (Wildman–Crippen LogP) is 9.78. The molecule has 0 bridgehead atoms. The number of benzene rings is 6. The molecule has 0 spiro atoms. The van der Waals surface area contributed by atoms with Gasteiger partial charge in [0.15, 0.2) is 11.5 Å². The summed E-state index contributed by atoms with van der Waals surface area (Å²) in [5.74, 6) is 3.38. The van der Waals surface area contributed by atoms with Gasteiger partial charge >= 0.3 is 0 Å². The Bertz CT molecular complexity index is 2300. The summed E-state index contributed by atoms with van der Waals surface area (Å²) < 4.78 is 27.8. The zero-order valence-corrected chi connectivity index (χ0v) is 33.8. The van der Waals surface area contributed by atoms with Crippen LogP contribution >= 0.6 is 11.6 Å². The first-order chi connectivity index (χ1) is 27.9. The van der Waals surface area contributed by atoms with Gasteiger partial charge in [-0.05, 0) is 102 Å². The van der Waals surface area contributed by atoms with Crippen molar-refractivity contribution in [3.05, 3.63) is 130 Å². The van der Waals surface area contributed by atoms with Gasteiger partial charge in [-0.25, -0.2) is 0 Å². The summed E-state index contributed by atoms with van der Waals surface area (Å²) in [4.78, 5) is 4.76. The number of phenols is 2. The Morgan fingerprint density at radius 1 is 0.561 bits per heavy atom. The maximum Gasteiger partial charge on any atom is 0.165 e. The molecule has 9 nitrogen and oxygen atoms in total. The van der Waals surface area contributed by atoms with Crippen LogP contribution in [0.4, 0.5) is 0 Å². The van der Waals surface area contributed by atoms with Crippen LogP contribution in [0.15, 0.2) is 103 Å². The molecule has 0 aliphatic carbocycles. The van der Waals surface area contributed by atoms with Crippen LogP contribution in [0.5, 0.6) is 34.5 Å². The monoisotopic (exact) mass is 790 g/mol. The summed E-state index contributed by atoms with van der Waals surface area (Å²) in [6, 6.07) is 32.8. The van der Waals surface area contributed by atoms with E-state index in [2.05, 4.69) is 15.9 Å². The number of morpholine rings is 1. The highest BCUT2D eigenvalue weighted by atomic mass is 35.5. The fraction of sp³-hybridized carbons (Fsp3) is 0.319. The van der Waals surface area contributed by atoms with Crippen molar-refractivity contribution in [1.29, 1.82) is 0 Å². The number of piperidine rings is 1. The van der Waals surface area contributed by atoms with E-state index < -0.39 is 0 Å². The first-order valence-corrected chi connectivity index (χ1v) is 19.8. The molecule has 2 aliphatic rings. The highest BCUT2D eigenvalue weighted by molar-refractivity contribution is 6.31. The van der Waals surface area contributed by atoms with Crippen LogP contribution in [0.3, 0.4) is 0 Å². The summed E-state index contributed by atoms with van der Waals surface area (Å²) in [5, 5.41) is 26.8. The third-order valence-corrected chi connectivity index (χ3v) is 11.5. The number of likely N-dealkylation sites (tertiary alicyclic amines) is 1. The number of halogens is 1. The molecule has 0 radical (unpaired) electrons. The van der Waals surface area contributed by atoms with Crippen LogP contribution in [-0.4, -0.2) is 87.8 Å². The lowest BCUT2D eigenvalue weighted by Crippen LogP contribution is -2.39. The molecule has 0 saturated carbocycles. The van der Waals surface area contributed by atoms with E-state index in [4.69, 9.17) is 35.3 Å². The van der Waals surface area contributed by atoms with E-state index in [0.29, 0.717) is 30.5 Å². The van der Waals surface area contributed by atoms with Crippen molar-refractivity contribution in [1.82, 2.24) is 9.80 Å². The van der Waals surface area contributed by atoms with E-state index in [0.717, 1.165) is 99.3 Å². The van der Waals surface area contributed by atoms with E-state index in [9.17, 15) is 10.2 Å². The molecule has 2 saturated heterocycles. The Kier molecular flexibility index (Phi) is 12.9. The maximum absolute atomic E-state index is 11.1. The minimum atomic E-state index is -0.241. The molecule has 6 aromatic rings. The summed E-state index contributed by atoms with van der Waals surface area (Å²) in [7, 11) is 6.59. The van der Waals surface area contributed by atoms with Crippen molar-refractivity contribution < 1.29 is 33.9 Å². The average molecular weight is 791 g/mol. The van der Waals surface area contributed by atoms with Crippen molar-refractivity contribution in [2.24, 2.45) is 0 Å². The van der Waals surface area contributed by atoms with Crippen LogP contribution in [0.25, 0.3) is 21.5 Å². The molecule has 0 amide bonds. The quantitative estimate of drug-likeness (QED) is 0.141. The number of phenolic OH excluding ortho intramolecular Hbond substituents is 2. The van der Waals surface area contributed by atoms with Gasteiger partial charge in [0.1, 0.15) is 23.0 Å². The average Bonchev–Trinajstić information content (AvgIpc) is 3.26. The fourth-order valence-electron chi connectivity index (χ4n) is 8.36. The van der Waals surface area contributed by atoms with Crippen molar-refractivity contribution in [2.45, 2.75) is 31.3 Å². The third kappa shape index (κ3) is 8.43. The molecule has 2 N–H and O–H groups in total. The highest BCUT2D eigenvalue weighted by Crippen LogP contribution is 2.46. The number of aromatic hydroxyl groups is 2. The molecule has 2 heterocycles. The lowest BCUT2D eigenvalue weighted by Gasteiger charge is -2.36. The Balaban J connectivity index is 0.000000175. The summed E-state index contributed by atoms with van der Waals surface area (Å²) in [6.45, 7) is 4.75. The second-order valence-electron chi connectivity index (χ2n) is 14.3. The van der Waals surface area contributed by atoms with Gasteiger partial charge in [-0.3, -0.25) is 9.80 Å². The van der Waals surface area contributed by atoms with Gasteiger partial charge in [-0.1, -0.05) is 72.6 Å². The van der Waals surface area contributed by atoms with Crippen molar-refractivity contribution in [3.8, 4) is 34.5 Å². The molecule has 10 heteroatoms. The van der Waals surface area contributed by atoms with Gasteiger partial charge in [-0.2, -0.15) is 0 Å². The standard InChI is InChI=1S/C24H27NO5.C23H24ClNO2/c1-27-17-9-7-16-8-10-20(26)22(19(16)15-17)23(25-11-13-30-14-12-25)18-5-4-6-21(28-2)24(18)29-3;1-27-17-11-9-16-10-12-21(26)22(19(16)15-17)23(25-13-5-2-6-14-25)18-7-3-4-8-20(18)24/h4-10,15,23,26H,11-14H2,1-3H3;3-4,7-12,15,23,26H,2,5-6,13-14H2,1H3. The zero-order chi connectivity index (χ0) is 39.9. The third-order valence-electron chi connectivity index (χ3n) is 11.1. The Labute approximate surface area is 339 Å². The molecular formula is C47H51ClN2O7. The number of para-hydroxylation sites is 1. The molecule has 2 fully saturated rings. The van der Waals surface area contributed by atoms with E-state index in [1.54, 1.807) is 40.6 Å². The largest absolute Gasteiger partial charge is 0.508 e. The lowest BCUT2D eigenvalue weighted by molar-refractivity contribution is 0.0234. The molecule has 2 unspecified atom stereocenters. The molecule has 0 aromatic heterocycles. The van der Waals surface area contributed by atoms with Gasteiger partial charge in [0.25, 0.3) is 0 Å². The van der Waals surface area contributed by atoms with E-state index in [1.165, 1.54) is 6.42 Å². The summed E-state index contributed by atoms with van der Waals surface area (Å²) >= 11 is 6.62. The van der Waals surface area contributed by atoms with E-state index in [-0.39, 0.29) is 17.8 Å². The molecule has 2 aliphatic heterocycles. The number of hydrogen-bond donors (Lipinski definition) is 2. The number of ether oxygens (including phenoxy) is 5. The first-order valence-electron chi connectivity index (χ1n) is 19.5. The Hall–Kier alpha value is -5.19. The topological polar surface area (TPSA) is 93.1 Å². The van der Waals surface area contributed by atoms with Crippen molar-refractivity contribution >= 4 is 33.1 Å². The predicted molar refractivity (Wildman–Crippen MR) is 227 cm³/mol. The minimum Gasteiger partial charge on any atom is -0.508 e. The van der Waals surface area contributed by atoms with Gasteiger partial charge in [0.05, 0.1) is 53.7 Å². The molecule has 6 aromatic carbocycles. The van der Waals surface area contributed by atoms with Crippen LogP contribution < -0.4 is 18.9 Å². The zero-order valence-electron chi connectivity index (χ0n) is 33.0. The highest BCUT2D eigenvalue weighted by Gasteiger charge is 2.32. The number of nitrogens with zero attached hydrogens (tertiary/aromatic N) is 2. The van der Waals surface area contributed by atoms with E-state index in [1.807, 2.05) is 84.9 Å². The van der Waals surface area contributed by atoms with Gasteiger partial charge in [0, 0.05) is 34.8 Å². The van der Waals surface area contributed by atoms with Gasteiger partial charge in [0.2, 0.25) is 0 Å². The fourth-order valence-corrected chi connectivity index (χ4v) is 8.59. The van der Waals surface area contributed by atoms with E-state index >= 15 is 0 Å². The number of fused-ring (bicyclic) bond motifs is 2. The Morgan fingerprint density at radius 2 is 1.09 bits per heavy atom. The summed E-state index contributed by atoms with van der Waals surface area (Å²) in [6.07, 6.45) is 3.58. The van der Waals surface area contributed by atoms with Crippen molar-refractivity contribution in [3.63, 3.8) is 0 Å². The second-order valence-corrected chi connectivity index (χ2v) is 14.7. The molecule has 2 atom stereocenters. The lowest BCUT2D eigenvalue weighted by atomic mass is 9.90. The van der Waals surface area contributed by atoms with Crippen LogP contribution in [0.1, 0.15) is 53.6 Å². The maximum atomic E-state index is 11.1. The second kappa shape index (κ2) is 18.4. The van der Waals surface area contributed by atoms with Crippen LogP contribution in [0, 0.1) is 0 Å². The van der Waals surface area contributed by atoms with Crippen LogP contribution in [0.2, 0.25) is 5.02 Å². The normalized spacial score (nSPS) is 16.0. The number of methoxy groups -OCH3 is 4. The minimum absolute atomic E-state index is 0.0881. The number of hydrogen-bond acceptors (Lipinski definition) is 9. The Morgan fingerprint density at radius 3 is 1.63 bits per heavy atom.